The van der Waals surface area contributed by atoms with E-state index in [0.29, 0.717) is 11.5 Å². The predicted molar refractivity (Wildman–Crippen MR) is 81.5 cm³/mol. The fraction of sp³-hybridized carbons (Fsp3) is 1.00. The van der Waals surface area contributed by atoms with E-state index in [-0.39, 0.29) is 6.04 Å². The Morgan fingerprint density at radius 2 is 2.05 bits per heavy atom. The Morgan fingerprint density at radius 1 is 1.20 bits per heavy atom. The molecule has 0 radical (unpaired) electrons. The van der Waals surface area contributed by atoms with Crippen LogP contribution >= 0.6 is 0 Å². The fourth-order valence-corrected chi connectivity index (χ4v) is 6.22. The molecule has 1 heterocycles. The summed E-state index contributed by atoms with van der Waals surface area (Å²) in [5, 5.41) is 3.41. The lowest BCUT2D eigenvalue weighted by molar-refractivity contribution is 0.219. The average molecular weight is 300 g/mol. The van der Waals surface area contributed by atoms with Gasteiger partial charge in [0.1, 0.15) is 0 Å². The second kappa shape index (κ2) is 5.93. The summed E-state index contributed by atoms with van der Waals surface area (Å²) in [6.45, 7) is 3.17. The highest BCUT2D eigenvalue weighted by molar-refractivity contribution is 7.91. The van der Waals surface area contributed by atoms with E-state index in [1.807, 2.05) is 0 Å². The van der Waals surface area contributed by atoms with Crippen LogP contribution in [0.25, 0.3) is 0 Å². The Balaban J connectivity index is 1.32. The first kappa shape index (κ1) is 14.8. The van der Waals surface area contributed by atoms with Crippen molar-refractivity contribution < 1.29 is 8.42 Å². The first-order valence-electron chi connectivity index (χ1n) is 8.14. The van der Waals surface area contributed by atoms with Crippen LogP contribution in [0.15, 0.2) is 0 Å². The summed E-state index contributed by atoms with van der Waals surface area (Å²) < 4.78 is 22.8. The number of likely N-dealkylation sites (N-methyl/N-ethyl adjacent to an activating group) is 1. The second-order valence-electron chi connectivity index (χ2n) is 7.25. The van der Waals surface area contributed by atoms with Gasteiger partial charge in [-0.25, -0.2) is 8.42 Å². The van der Waals surface area contributed by atoms with Gasteiger partial charge in [-0.3, -0.25) is 0 Å². The summed E-state index contributed by atoms with van der Waals surface area (Å²) in [5.41, 5.74) is 0. The fourth-order valence-electron chi connectivity index (χ4n) is 4.51. The molecule has 1 saturated heterocycles. The SMILES string of the molecule is CN(CCNC1CCS(=O)(=O)C1)CC1CC2CCC1C2. The summed E-state index contributed by atoms with van der Waals surface area (Å²) in [7, 11) is -0.539. The lowest BCUT2D eigenvalue weighted by atomic mass is 9.88. The molecule has 0 aromatic carbocycles. The molecule has 0 amide bonds. The number of nitrogens with one attached hydrogen (secondary N) is 1. The number of hydrogen-bond acceptors (Lipinski definition) is 4. The molecule has 2 bridgehead atoms. The summed E-state index contributed by atoms with van der Waals surface area (Å²) >= 11 is 0. The molecule has 2 saturated carbocycles. The number of rotatable bonds is 6. The molecule has 3 aliphatic rings. The average Bonchev–Trinajstić information content (AvgIpc) is 3.05. The van der Waals surface area contributed by atoms with E-state index >= 15 is 0 Å². The van der Waals surface area contributed by atoms with Gasteiger partial charge in [-0.2, -0.15) is 0 Å². The van der Waals surface area contributed by atoms with Crippen LogP contribution in [-0.2, 0) is 9.84 Å². The lowest BCUT2D eigenvalue weighted by Crippen LogP contribution is -2.38. The maximum Gasteiger partial charge on any atom is 0.151 e. The summed E-state index contributed by atoms with van der Waals surface area (Å²) in [6.07, 6.45) is 6.66. The van der Waals surface area contributed by atoms with Crippen molar-refractivity contribution in [2.75, 3.05) is 38.2 Å². The van der Waals surface area contributed by atoms with Gasteiger partial charge in [-0.1, -0.05) is 6.42 Å². The number of nitrogens with zero attached hydrogens (tertiary/aromatic N) is 1. The molecule has 5 heteroatoms. The topological polar surface area (TPSA) is 49.4 Å². The Hall–Kier alpha value is -0.130. The van der Waals surface area contributed by atoms with Gasteiger partial charge < -0.3 is 10.2 Å². The third-order valence-corrected chi connectivity index (χ3v) is 7.36. The molecular formula is C15H28N2O2S. The Bertz CT molecular complexity index is 437. The van der Waals surface area contributed by atoms with Crippen LogP contribution in [0.2, 0.25) is 0 Å². The quantitative estimate of drug-likeness (QED) is 0.799. The van der Waals surface area contributed by atoms with Gasteiger partial charge in [0.2, 0.25) is 0 Å². The van der Waals surface area contributed by atoms with Gasteiger partial charge in [0.05, 0.1) is 11.5 Å². The van der Waals surface area contributed by atoms with E-state index in [9.17, 15) is 8.42 Å². The van der Waals surface area contributed by atoms with Crippen molar-refractivity contribution in [2.24, 2.45) is 17.8 Å². The number of hydrogen-bond donors (Lipinski definition) is 1. The molecule has 116 valence electrons. The Labute approximate surface area is 123 Å². The number of sulfone groups is 1. The third kappa shape index (κ3) is 3.55. The number of fused-ring (bicyclic) bond motifs is 2. The third-order valence-electron chi connectivity index (χ3n) is 5.59. The van der Waals surface area contributed by atoms with Gasteiger partial charge in [-0.15, -0.1) is 0 Å². The summed E-state index contributed by atoms with van der Waals surface area (Å²) in [6, 6.07) is 0.191. The van der Waals surface area contributed by atoms with Crippen LogP contribution in [0.3, 0.4) is 0 Å². The van der Waals surface area contributed by atoms with Crippen molar-refractivity contribution in [1.29, 1.82) is 0 Å². The molecular weight excluding hydrogens is 272 g/mol. The van der Waals surface area contributed by atoms with Gasteiger partial charge in [0.25, 0.3) is 0 Å². The van der Waals surface area contributed by atoms with Crippen molar-refractivity contribution in [3.05, 3.63) is 0 Å². The minimum atomic E-state index is -2.75. The molecule has 4 unspecified atom stereocenters. The molecule has 2 aliphatic carbocycles. The van der Waals surface area contributed by atoms with Crippen LogP contribution < -0.4 is 5.32 Å². The standard InChI is InChI=1S/C15H28N2O2S/c1-17(10-14-9-12-2-3-13(14)8-12)6-5-16-15-4-7-20(18,19)11-15/h12-16H,2-11H2,1H3. The van der Waals surface area contributed by atoms with E-state index in [2.05, 4.69) is 17.3 Å². The van der Waals surface area contributed by atoms with Crippen molar-refractivity contribution in [2.45, 2.75) is 38.1 Å². The molecule has 0 aromatic rings. The maximum absolute atomic E-state index is 11.4. The van der Waals surface area contributed by atoms with E-state index in [1.54, 1.807) is 0 Å². The monoisotopic (exact) mass is 300 g/mol. The van der Waals surface area contributed by atoms with Crippen molar-refractivity contribution in [3.63, 3.8) is 0 Å². The Kier molecular flexibility index (Phi) is 4.39. The molecule has 0 aromatic heterocycles. The molecule has 3 fully saturated rings. The maximum atomic E-state index is 11.4. The summed E-state index contributed by atoms with van der Waals surface area (Å²) in [4.78, 5) is 2.43. The molecule has 1 aliphatic heterocycles. The van der Waals surface area contributed by atoms with Gasteiger partial charge >= 0.3 is 0 Å². The van der Waals surface area contributed by atoms with Gasteiger partial charge in [0, 0.05) is 25.7 Å². The van der Waals surface area contributed by atoms with E-state index in [4.69, 9.17) is 0 Å². The van der Waals surface area contributed by atoms with Crippen LogP contribution in [0.4, 0.5) is 0 Å². The summed E-state index contributed by atoms with van der Waals surface area (Å²) in [5.74, 6) is 3.65. The van der Waals surface area contributed by atoms with E-state index in [0.717, 1.165) is 37.3 Å². The molecule has 4 nitrogen and oxygen atoms in total. The molecule has 4 atom stereocenters. The Morgan fingerprint density at radius 3 is 2.65 bits per heavy atom. The van der Waals surface area contributed by atoms with Gasteiger partial charge in [0.15, 0.2) is 9.84 Å². The minimum absolute atomic E-state index is 0.191. The zero-order chi connectivity index (χ0) is 14.2. The van der Waals surface area contributed by atoms with Crippen molar-refractivity contribution in [1.82, 2.24) is 10.2 Å². The molecule has 0 spiro atoms. The zero-order valence-corrected chi connectivity index (χ0v) is 13.4. The van der Waals surface area contributed by atoms with Gasteiger partial charge in [-0.05, 0) is 50.5 Å². The highest BCUT2D eigenvalue weighted by Gasteiger charge is 2.39. The molecule has 20 heavy (non-hydrogen) atoms. The first-order valence-corrected chi connectivity index (χ1v) is 9.96. The highest BCUT2D eigenvalue weighted by atomic mass is 32.2. The van der Waals surface area contributed by atoms with Crippen LogP contribution in [0.5, 0.6) is 0 Å². The largest absolute Gasteiger partial charge is 0.312 e. The first-order chi connectivity index (χ1) is 9.52. The highest BCUT2D eigenvalue weighted by Crippen LogP contribution is 2.48. The lowest BCUT2D eigenvalue weighted by Gasteiger charge is -2.27. The smallest absolute Gasteiger partial charge is 0.151 e. The van der Waals surface area contributed by atoms with Crippen LogP contribution in [0.1, 0.15) is 32.1 Å². The van der Waals surface area contributed by atoms with Crippen LogP contribution in [0, 0.1) is 17.8 Å². The minimum Gasteiger partial charge on any atom is -0.312 e. The predicted octanol–water partition coefficient (Wildman–Crippen LogP) is 1.13. The van der Waals surface area contributed by atoms with E-state index < -0.39 is 9.84 Å². The normalized spacial score (nSPS) is 38.9. The van der Waals surface area contributed by atoms with Crippen molar-refractivity contribution in [3.8, 4) is 0 Å². The van der Waals surface area contributed by atoms with E-state index in [1.165, 1.54) is 32.2 Å². The zero-order valence-electron chi connectivity index (χ0n) is 12.6. The second-order valence-corrected chi connectivity index (χ2v) is 9.48. The molecule has 3 rings (SSSR count). The van der Waals surface area contributed by atoms with Crippen molar-refractivity contribution >= 4 is 9.84 Å². The molecule has 1 N–H and O–H groups in total. The van der Waals surface area contributed by atoms with Crippen LogP contribution in [-0.4, -0.2) is 57.5 Å².